The van der Waals surface area contributed by atoms with E-state index in [0.29, 0.717) is 12.5 Å². The molecule has 6 nitrogen and oxygen atoms in total. The fraction of sp³-hybridized carbons (Fsp3) is 0.500. The number of rotatable bonds is 7. The van der Waals surface area contributed by atoms with Gasteiger partial charge in [-0.1, -0.05) is 18.2 Å². The molecule has 140 valence electrons. The van der Waals surface area contributed by atoms with Crippen molar-refractivity contribution in [2.75, 3.05) is 32.8 Å². The number of ether oxygens (including phenoxy) is 1. The second-order valence-corrected chi connectivity index (χ2v) is 6.63. The number of likely N-dealkylation sites (tertiary alicyclic amines) is 1. The second-order valence-electron chi connectivity index (χ2n) is 6.63. The van der Waals surface area contributed by atoms with E-state index < -0.39 is 0 Å². The number of nitrogens with one attached hydrogen (secondary N) is 1. The van der Waals surface area contributed by atoms with Gasteiger partial charge >= 0.3 is 0 Å². The number of para-hydroxylation sites is 1. The van der Waals surface area contributed by atoms with Crippen LogP contribution in [0.4, 0.5) is 0 Å². The van der Waals surface area contributed by atoms with Crippen molar-refractivity contribution in [3.63, 3.8) is 0 Å². The molecule has 1 fully saturated rings. The number of aliphatic imine (C=N–C) groups is 1. The Balaban J connectivity index is 1.47. The molecule has 1 aromatic carbocycles. The summed E-state index contributed by atoms with van der Waals surface area (Å²) in [6.07, 6.45) is 6.16. The van der Waals surface area contributed by atoms with E-state index in [4.69, 9.17) is 9.73 Å². The molecule has 1 N–H and O–H groups in total. The van der Waals surface area contributed by atoms with Crippen LogP contribution in [0, 0.1) is 0 Å². The van der Waals surface area contributed by atoms with Crippen molar-refractivity contribution >= 4 is 5.96 Å². The Morgan fingerprint density at radius 1 is 1.35 bits per heavy atom. The summed E-state index contributed by atoms with van der Waals surface area (Å²) < 4.78 is 7.62. The first-order valence-electron chi connectivity index (χ1n) is 9.46. The van der Waals surface area contributed by atoms with Gasteiger partial charge in [-0.2, -0.15) is 5.10 Å². The Kier molecular flexibility index (Phi) is 6.52. The summed E-state index contributed by atoms with van der Waals surface area (Å²) in [5, 5.41) is 7.73. The molecule has 26 heavy (non-hydrogen) atoms. The van der Waals surface area contributed by atoms with Crippen molar-refractivity contribution in [3.05, 3.63) is 48.3 Å². The van der Waals surface area contributed by atoms with Crippen molar-refractivity contribution in [1.82, 2.24) is 20.0 Å². The summed E-state index contributed by atoms with van der Waals surface area (Å²) in [6.45, 7) is 6.48. The predicted octanol–water partition coefficient (Wildman–Crippen LogP) is 2.64. The fourth-order valence-corrected chi connectivity index (χ4v) is 3.26. The third-order valence-corrected chi connectivity index (χ3v) is 4.59. The van der Waals surface area contributed by atoms with E-state index in [1.807, 2.05) is 48.3 Å². The van der Waals surface area contributed by atoms with Gasteiger partial charge in [0.25, 0.3) is 0 Å². The van der Waals surface area contributed by atoms with Crippen LogP contribution in [0.3, 0.4) is 0 Å². The molecular formula is C20H29N5O. The van der Waals surface area contributed by atoms with Crippen LogP contribution in [0.2, 0.25) is 0 Å². The lowest BCUT2D eigenvalue weighted by molar-refractivity contribution is 0.313. The SMILES string of the molecule is CCNC(=NCCCOc1ccccc1)N1CCC(c2cnn(C)c2)C1. The number of aryl methyl sites for hydroxylation is 1. The Morgan fingerprint density at radius 3 is 2.92 bits per heavy atom. The molecule has 1 aliphatic rings. The summed E-state index contributed by atoms with van der Waals surface area (Å²) in [5.74, 6) is 2.47. The lowest BCUT2D eigenvalue weighted by atomic mass is 10.0. The van der Waals surface area contributed by atoms with Crippen LogP contribution in [-0.2, 0) is 7.05 Å². The minimum atomic E-state index is 0.536. The van der Waals surface area contributed by atoms with Gasteiger partial charge < -0.3 is 15.0 Å². The highest BCUT2D eigenvalue weighted by Gasteiger charge is 2.26. The first-order valence-corrected chi connectivity index (χ1v) is 9.46. The van der Waals surface area contributed by atoms with Crippen LogP contribution in [0.1, 0.15) is 31.2 Å². The fourth-order valence-electron chi connectivity index (χ4n) is 3.26. The van der Waals surface area contributed by atoms with E-state index in [1.54, 1.807) is 0 Å². The van der Waals surface area contributed by atoms with Crippen LogP contribution in [0.15, 0.2) is 47.7 Å². The summed E-state index contributed by atoms with van der Waals surface area (Å²) in [6, 6.07) is 9.94. The Hall–Kier alpha value is -2.50. The average Bonchev–Trinajstić information content (AvgIpc) is 3.30. The van der Waals surface area contributed by atoms with Gasteiger partial charge in [-0.15, -0.1) is 0 Å². The molecule has 1 aromatic heterocycles. The maximum absolute atomic E-state index is 5.74. The van der Waals surface area contributed by atoms with Crippen molar-refractivity contribution in [1.29, 1.82) is 0 Å². The maximum atomic E-state index is 5.74. The molecule has 0 saturated carbocycles. The summed E-state index contributed by atoms with van der Waals surface area (Å²) in [5.41, 5.74) is 1.32. The quantitative estimate of drug-likeness (QED) is 0.471. The third-order valence-electron chi connectivity index (χ3n) is 4.59. The highest BCUT2D eigenvalue weighted by atomic mass is 16.5. The van der Waals surface area contributed by atoms with Gasteiger partial charge in [-0.3, -0.25) is 9.67 Å². The van der Waals surface area contributed by atoms with E-state index in [1.165, 1.54) is 5.56 Å². The first-order chi connectivity index (χ1) is 12.8. The molecule has 2 heterocycles. The monoisotopic (exact) mass is 355 g/mol. The van der Waals surface area contributed by atoms with Crippen LogP contribution in [-0.4, -0.2) is 53.4 Å². The second kappa shape index (κ2) is 9.27. The van der Waals surface area contributed by atoms with Crippen LogP contribution in [0.5, 0.6) is 5.75 Å². The molecule has 1 unspecified atom stereocenters. The van der Waals surface area contributed by atoms with Crippen molar-refractivity contribution < 1.29 is 4.74 Å². The van der Waals surface area contributed by atoms with Crippen LogP contribution < -0.4 is 10.1 Å². The smallest absolute Gasteiger partial charge is 0.193 e. The van der Waals surface area contributed by atoms with Crippen LogP contribution in [0.25, 0.3) is 0 Å². The van der Waals surface area contributed by atoms with Gasteiger partial charge in [0.15, 0.2) is 5.96 Å². The molecule has 0 spiro atoms. The van der Waals surface area contributed by atoms with Gasteiger partial charge in [0, 0.05) is 51.8 Å². The molecule has 3 rings (SSSR count). The summed E-state index contributed by atoms with van der Waals surface area (Å²) >= 11 is 0. The number of benzene rings is 1. The normalized spacial score (nSPS) is 17.5. The number of nitrogens with zero attached hydrogens (tertiary/aromatic N) is 4. The van der Waals surface area contributed by atoms with Crippen LogP contribution >= 0.6 is 0 Å². The third kappa shape index (κ3) is 5.00. The molecule has 0 aliphatic carbocycles. The van der Waals surface area contributed by atoms with Gasteiger partial charge in [-0.05, 0) is 31.0 Å². The maximum Gasteiger partial charge on any atom is 0.193 e. The lowest BCUT2D eigenvalue weighted by Gasteiger charge is -2.21. The highest BCUT2D eigenvalue weighted by molar-refractivity contribution is 5.80. The van der Waals surface area contributed by atoms with Crippen molar-refractivity contribution in [2.45, 2.75) is 25.7 Å². The molecule has 0 bridgehead atoms. The topological polar surface area (TPSA) is 54.7 Å². The first kappa shape index (κ1) is 18.3. The van der Waals surface area contributed by atoms with Crippen molar-refractivity contribution in [3.8, 4) is 5.75 Å². The zero-order chi connectivity index (χ0) is 18.2. The zero-order valence-corrected chi connectivity index (χ0v) is 15.8. The summed E-state index contributed by atoms with van der Waals surface area (Å²) in [4.78, 5) is 7.15. The number of aromatic nitrogens is 2. The molecule has 2 aromatic rings. The van der Waals surface area contributed by atoms with E-state index in [0.717, 1.165) is 50.7 Å². The molecule has 1 aliphatic heterocycles. The molecule has 0 radical (unpaired) electrons. The van der Waals surface area contributed by atoms with E-state index in [2.05, 4.69) is 28.4 Å². The molecule has 0 amide bonds. The number of hydrogen-bond acceptors (Lipinski definition) is 3. The molecular weight excluding hydrogens is 326 g/mol. The number of hydrogen-bond donors (Lipinski definition) is 1. The van der Waals surface area contributed by atoms with Gasteiger partial charge in [0.05, 0.1) is 12.8 Å². The average molecular weight is 355 g/mol. The number of guanidine groups is 1. The van der Waals surface area contributed by atoms with E-state index in [-0.39, 0.29) is 0 Å². The van der Waals surface area contributed by atoms with Crippen molar-refractivity contribution in [2.24, 2.45) is 12.0 Å². The Labute approximate surface area is 155 Å². The Bertz CT molecular complexity index is 697. The van der Waals surface area contributed by atoms with E-state index in [9.17, 15) is 0 Å². The molecule has 1 atom stereocenters. The molecule has 6 heteroatoms. The van der Waals surface area contributed by atoms with Gasteiger partial charge in [0.1, 0.15) is 5.75 Å². The minimum absolute atomic E-state index is 0.536. The standard InChI is InChI=1S/C20H29N5O/c1-3-21-20(22-11-7-13-26-19-8-5-4-6-9-19)25-12-10-17(16-25)18-14-23-24(2)15-18/h4-6,8-9,14-15,17H,3,7,10-13,16H2,1-2H3,(H,21,22). The highest BCUT2D eigenvalue weighted by Crippen LogP contribution is 2.26. The van der Waals surface area contributed by atoms with Gasteiger partial charge in [0.2, 0.25) is 0 Å². The predicted molar refractivity (Wildman–Crippen MR) is 105 cm³/mol. The molecule has 1 saturated heterocycles. The largest absolute Gasteiger partial charge is 0.494 e. The van der Waals surface area contributed by atoms with E-state index >= 15 is 0 Å². The lowest BCUT2D eigenvalue weighted by Crippen LogP contribution is -2.40. The minimum Gasteiger partial charge on any atom is -0.494 e. The van der Waals surface area contributed by atoms with Gasteiger partial charge in [-0.25, -0.2) is 0 Å². The summed E-state index contributed by atoms with van der Waals surface area (Å²) in [7, 11) is 1.97. The Morgan fingerprint density at radius 2 is 2.19 bits per heavy atom. The zero-order valence-electron chi connectivity index (χ0n) is 15.8.